The van der Waals surface area contributed by atoms with E-state index in [1.165, 1.54) is 0 Å². The highest BCUT2D eigenvalue weighted by Gasteiger charge is 2.13. The van der Waals surface area contributed by atoms with Crippen LogP contribution < -0.4 is 9.47 Å². The summed E-state index contributed by atoms with van der Waals surface area (Å²) in [4.78, 5) is 14.1. The molecule has 1 amide bonds. The van der Waals surface area contributed by atoms with Crippen molar-refractivity contribution in [1.29, 1.82) is 0 Å². The van der Waals surface area contributed by atoms with Gasteiger partial charge >= 0.3 is 0 Å². The molecule has 0 fully saturated rings. The van der Waals surface area contributed by atoms with Crippen LogP contribution in [0, 0.1) is 6.92 Å². The van der Waals surface area contributed by atoms with Crippen LogP contribution in [0.2, 0.25) is 0 Å². The zero-order valence-electron chi connectivity index (χ0n) is 15.7. The van der Waals surface area contributed by atoms with E-state index in [9.17, 15) is 4.79 Å². The molecule has 4 heteroatoms. The van der Waals surface area contributed by atoms with E-state index in [0.717, 1.165) is 28.2 Å². The maximum Gasteiger partial charge on any atom is 0.260 e. The summed E-state index contributed by atoms with van der Waals surface area (Å²) in [5.41, 5.74) is 3.30. The van der Waals surface area contributed by atoms with Crippen LogP contribution in [-0.2, 0) is 11.3 Å². The Morgan fingerprint density at radius 1 is 1.12 bits per heavy atom. The Hall–Kier alpha value is -2.49. The van der Waals surface area contributed by atoms with Crippen LogP contribution in [0.1, 0.15) is 36.5 Å². The Morgan fingerprint density at radius 2 is 1.80 bits per heavy atom. The minimum atomic E-state index is -0.0490. The third-order valence-corrected chi connectivity index (χ3v) is 4.15. The van der Waals surface area contributed by atoms with E-state index in [4.69, 9.17) is 9.47 Å². The van der Waals surface area contributed by atoms with E-state index < -0.39 is 0 Å². The van der Waals surface area contributed by atoms with Gasteiger partial charge in [-0.25, -0.2) is 0 Å². The number of methoxy groups -OCH3 is 1. The van der Waals surface area contributed by atoms with Gasteiger partial charge in [-0.3, -0.25) is 4.79 Å². The van der Waals surface area contributed by atoms with E-state index in [1.807, 2.05) is 37.3 Å². The normalized spacial score (nSPS) is 10.6. The number of nitrogens with zero attached hydrogens (tertiary/aromatic N) is 1. The molecule has 0 aliphatic carbocycles. The van der Waals surface area contributed by atoms with Crippen molar-refractivity contribution in [1.82, 2.24) is 4.90 Å². The summed E-state index contributed by atoms with van der Waals surface area (Å²) in [6.07, 6.45) is 0. The summed E-state index contributed by atoms with van der Waals surface area (Å²) in [7, 11) is 3.42. The third-order valence-electron chi connectivity index (χ3n) is 4.15. The van der Waals surface area contributed by atoms with Crippen LogP contribution in [0.15, 0.2) is 42.5 Å². The number of amides is 1. The molecule has 0 N–H and O–H groups in total. The van der Waals surface area contributed by atoms with Gasteiger partial charge in [0.1, 0.15) is 11.5 Å². The van der Waals surface area contributed by atoms with Gasteiger partial charge in [-0.1, -0.05) is 38.1 Å². The zero-order chi connectivity index (χ0) is 18.4. The molecule has 0 aromatic heterocycles. The Balaban J connectivity index is 1.96. The number of rotatable bonds is 7. The molecule has 0 atom stereocenters. The molecule has 0 bridgehead atoms. The molecule has 0 aliphatic heterocycles. The molecule has 0 aliphatic rings. The number of carbonyl (C=O) groups is 1. The lowest BCUT2D eigenvalue weighted by Crippen LogP contribution is -2.31. The maximum atomic E-state index is 12.4. The van der Waals surface area contributed by atoms with Crippen LogP contribution >= 0.6 is 0 Å². The SMILES string of the molecule is COc1ccc(CN(C)C(=O)COc2cc(C)ccc2C(C)C)cc1. The van der Waals surface area contributed by atoms with Crippen molar-refractivity contribution in [2.45, 2.75) is 33.2 Å². The second-order valence-corrected chi connectivity index (χ2v) is 6.58. The van der Waals surface area contributed by atoms with Crippen LogP contribution in [0.4, 0.5) is 0 Å². The number of aryl methyl sites for hydroxylation is 1. The number of hydrogen-bond donors (Lipinski definition) is 0. The van der Waals surface area contributed by atoms with Crippen molar-refractivity contribution in [2.24, 2.45) is 0 Å². The van der Waals surface area contributed by atoms with E-state index in [-0.39, 0.29) is 12.5 Å². The van der Waals surface area contributed by atoms with Crippen molar-refractivity contribution in [3.63, 3.8) is 0 Å². The van der Waals surface area contributed by atoms with Gasteiger partial charge in [0.05, 0.1) is 7.11 Å². The van der Waals surface area contributed by atoms with Crippen LogP contribution in [0.3, 0.4) is 0 Å². The van der Waals surface area contributed by atoms with Gasteiger partial charge in [-0.2, -0.15) is 0 Å². The van der Waals surface area contributed by atoms with Crippen LogP contribution in [0.5, 0.6) is 11.5 Å². The Bertz CT molecular complexity index is 708. The topological polar surface area (TPSA) is 38.8 Å². The molecule has 4 nitrogen and oxygen atoms in total. The standard InChI is InChI=1S/C21H27NO3/c1-15(2)19-11-6-16(3)12-20(19)25-14-21(23)22(4)13-17-7-9-18(24-5)10-8-17/h6-12,15H,13-14H2,1-5H3. The maximum absolute atomic E-state index is 12.4. The quantitative estimate of drug-likeness (QED) is 0.759. The highest BCUT2D eigenvalue weighted by atomic mass is 16.5. The number of carbonyl (C=O) groups excluding carboxylic acids is 1. The zero-order valence-corrected chi connectivity index (χ0v) is 15.7. The summed E-state index contributed by atoms with van der Waals surface area (Å²) < 4.78 is 11.0. The lowest BCUT2D eigenvalue weighted by atomic mass is 10.0. The molecule has 0 heterocycles. The first-order chi connectivity index (χ1) is 11.9. The van der Waals surface area contributed by atoms with E-state index in [2.05, 4.69) is 26.0 Å². The summed E-state index contributed by atoms with van der Waals surface area (Å²) in [5, 5.41) is 0. The fourth-order valence-corrected chi connectivity index (χ4v) is 2.59. The van der Waals surface area contributed by atoms with Gasteiger partial charge in [-0.05, 0) is 47.7 Å². The summed E-state index contributed by atoms with van der Waals surface area (Å²) >= 11 is 0. The first kappa shape index (κ1) is 18.8. The molecule has 0 radical (unpaired) electrons. The second-order valence-electron chi connectivity index (χ2n) is 6.58. The Morgan fingerprint density at radius 3 is 2.40 bits per heavy atom. The monoisotopic (exact) mass is 341 g/mol. The first-order valence-electron chi connectivity index (χ1n) is 8.51. The molecule has 2 rings (SSSR count). The molecule has 0 spiro atoms. The van der Waals surface area contributed by atoms with Gasteiger partial charge in [0.2, 0.25) is 0 Å². The van der Waals surface area contributed by atoms with E-state index >= 15 is 0 Å². The molecule has 0 saturated carbocycles. The number of ether oxygens (including phenoxy) is 2. The molecule has 0 unspecified atom stereocenters. The third kappa shape index (κ3) is 5.24. The predicted molar refractivity (Wildman–Crippen MR) is 100 cm³/mol. The van der Waals surface area contributed by atoms with Crippen molar-refractivity contribution in [3.8, 4) is 11.5 Å². The van der Waals surface area contributed by atoms with Crippen molar-refractivity contribution < 1.29 is 14.3 Å². The molecule has 2 aromatic carbocycles. The molecular formula is C21H27NO3. The Labute approximate surface area is 150 Å². The number of likely N-dealkylation sites (N-methyl/N-ethyl adjacent to an activating group) is 1. The summed E-state index contributed by atoms with van der Waals surface area (Å²) in [5.74, 6) is 1.90. The summed E-state index contributed by atoms with van der Waals surface area (Å²) in [6, 6.07) is 13.8. The average molecular weight is 341 g/mol. The smallest absolute Gasteiger partial charge is 0.260 e. The fourth-order valence-electron chi connectivity index (χ4n) is 2.59. The van der Waals surface area contributed by atoms with E-state index in [1.54, 1.807) is 19.1 Å². The first-order valence-corrected chi connectivity index (χ1v) is 8.51. The van der Waals surface area contributed by atoms with Gasteiger partial charge in [0.15, 0.2) is 6.61 Å². The minimum absolute atomic E-state index is 0.0375. The van der Waals surface area contributed by atoms with Gasteiger partial charge in [0.25, 0.3) is 5.91 Å². The molecule has 0 saturated heterocycles. The van der Waals surface area contributed by atoms with Gasteiger partial charge in [-0.15, -0.1) is 0 Å². The van der Waals surface area contributed by atoms with E-state index in [0.29, 0.717) is 12.5 Å². The van der Waals surface area contributed by atoms with Gasteiger partial charge in [0, 0.05) is 13.6 Å². The van der Waals surface area contributed by atoms with Crippen LogP contribution in [0.25, 0.3) is 0 Å². The predicted octanol–water partition coefficient (Wildman–Crippen LogP) is 4.16. The van der Waals surface area contributed by atoms with Crippen LogP contribution in [-0.4, -0.2) is 31.6 Å². The Kier molecular flexibility index (Phi) is 6.45. The summed E-state index contributed by atoms with van der Waals surface area (Å²) in [6.45, 7) is 6.84. The largest absolute Gasteiger partial charge is 0.497 e. The van der Waals surface area contributed by atoms with Gasteiger partial charge < -0.3 is 14.4 Å². The molecule has 134 valence electrons. The second kappa shape index (κ2) is 8.56. The molecule has 2 aromatic rings. The van der Waals surface area contributed by atoms with Crippen molar-refractivity contribution in [2.75, 3.05) is 20.8 Å². The highest BCUT2D eigenvalue weighted by molar-refractivity contribution is 5.77. The molecular weight excluding hydrogens is 314 g/mol. The van der Waals surface area contributed by atoms with Crippen molar-refractivity contribution >= 4 is 5.91 Å². The van der Waals surface area contributed by atoms with Crippen molar-refractivity contribution in [3.05, 3.63) is 59.2 Å². The molecule has 25 heavy (non-hydrogen) atoms. The highest BCUT2D eigenvalue weighted by Crippen LogP contribution is 2.27. The lowest BCUT2D eigenvalue weighted by molar-refractivity contribution is -0.132. The average Bonchev–Trinajstić information content (AvgIpc) is 2.60. The lowest BCUT2D eigenvalue weighted by Gasteiger charge is -2.19. The fraction of sp³-hybridized carbons (Fsp3) is 0.381. The number of benzene rings is 2. The minimum Gasteiger partial charge on any atom is -0.497 e. The number of hydrogen-bond acceptors (Lipinski definition) is 3.